The van der Waals surface area contributed by atoms with Gasteiger partial charge in [-0.2, -0.15) is 0 Å². The molecule has 0 aliphatic carbocycles. The van der Waals surface area contributed by atoms with Crippen LogP contribution in [0.2, 0.25) is 0 Å². The van der Waals surface area contributed by atoms with Crippen molar-refractivity contribution in [2.24, 2.45) is 0 Å². The van der Waals surface area contributed by atoms with E-state index in [0.29, 0.717) is 0 Å². The molecule has 0 spiro atoms. The molecule has 4 heteroatoms. The number of nitrogens with one attached hydrogen (secondary N) is 1. The highest BCUT2D eigenvalue weighted by molar-refractivity contribution is 5.93. The first-order valence-electron chi connectivity index (χ1n) is 6.52. The molecule has 4 nitrogen and oxygen atoms in total. The Morgan fingerprint density at radius 3 is 2.33 bits per heavy atom. The molecule has 0 radical (unpaired) electrons. The van der Waals surface area contributed by atoms with Gasteiger partial charge in [0.15, 0.2) is 0 Å². The first-order chi connectivity index (χ1) is 8.69. The van der Waals surface area contributed by atoms with Crippen molar-refractivity contribution in [3.8, 4) is 0 Å². The Balaban J connectivity index is 1.90. The number of aryl methyl sites for hydroxylation is 1. The SMILES string of the molecule is CCc1ccc(C(=O)NN2CCN(C)CC2)cc1. The summed E-state index contributed by atoms with van der Waals surface area (Å²) in [5, 5.41) is 2.00. The van der Waals surface area contributed by atoms with Gasteiger partial charge < -0.3 is 4.90 Å². The Kier molecular flexibility index (Phi) is 4.33. The average molecular weight is 247 g/mol. The van der Waals surface area contributed by atoms with Crippen molar-refractivity contribution in [3.05, 3.63) is 35.4 Å². The summed E-state index contributed by atoms with van der Waals surface area (Å²) in [6.07, 6.45) is 1.00. The molecule has 1 N–H and O–H groups in total. The van der Waals surface area contributed by atoms with E-state index < -0.39 is 0 Å². The van der Waals surface area contributed by atoms with E-state index in [1.54, 1.807) is 0 Å². The zero-order valence-electron chi connectivity index (χ0n) is 11.1. The van der Waals surface area contributed by atoms with E-state index in [1.165, 1.54) is 5.56 Å². The number of nitrogens with zero attached hydrogens (tertiary/aromatic N) is 2. The summed E-state index contributed by atoms with van der Waals surface area (Å²) in [5.41, 5.74) is 4.94. The van der Waals surface area contributed by atoms with Crippen LogP contribution in [-0.4, -0.2) is 49.0 Å². The van der Waals surface area contributed by atoms with Gasteiger partial charge in [-0.15, -0.1) is 0 Å². The van der Waals surface area contributed by atoms with Crippen molar-refractivity contribution >= 4 is 5.91 Å². The molecule has 1 aromatic rings. The maximum absolute atomic E-state index is 12.0. The lowest BCUT2D eigenvalue weighted by atomic mass is 10.1. The molecule has 98 valence electrons. The number of piperazine rings is 1. The van der Waals surface area contributed by atoms with Crippen LogP contribution in [0.25, 0.3) is 0 Å². The quantitative estimate of drug-likeness (QED) is 0.870. The topological polar surface area (TPSA) is 35.6 Å². The van der Waals surface area contributed by atoms with Crippen molar-refractivity contribution in [2.45, 2.75) is 13.3 Å². The summed E-state index contributed by atoms with van der Waals surface area (Å²) >= 11 is 0. The second-order valence-electron chi connectivity index (χ2n) is 4.78. The van der Waals surface area contributed by atoms with Crippen molar-refractivity contribution in [2.75, 3.05) is 33.2 Å². The number of likely N-dealkylation sites (N-methyl/N-ethyl adjacent to an activating group) is 1. The minimum atomic E-state index is -0.0118. The first kappa shape index (κ1) is 13.1. The number of hydrogen-bond acceptors (Lipinski definition) is 3. The Morgan fingerprint density at radius 2 is 1.78 bits per heavy atom. The first-order valence-corrected chi connectivity index (χ1v) is 6.52. The third-order valence-corrected chi connectivity index (χ3v) is 3.39. The van der Waals surface area contributed by atoms with E-state index in [1.807, 2.05) is 29.3 Å². The molecule has 0 aromatic heterocycles. The van der Waals surface area contributed by atoms with E-state index in [2.05, 4.69) is 24.3 Å². The third kappa shape index (κ3) is 3.31. The van der Waals surface area contributed by atoms with E-state index >= 15 is 0 Å². The zero-order valence-corrected chi connectivity index (χ0v) is 11.1. The van der Waals surface area contributed by atoms with Crippen LogP contribution in [0.5, 0.6) is 0 Å². The van der Waals surface area contributed by atoms with Crippen LogP contribution in [0.4, 0.5) is 0 Å². The maximum atomic E-state index is 12.0. The zero-order chi connectivity index (χ0) is 13.0. The van der Waals surface area contributed by atoms with Crippen LogP contribution in [0, 0.1) is 0 Å². The Labute approximate surface area is 109 Å². The number of hydrazine groups is 1. The predicted molar refractivity (Wildman–Crippen MR) is 72.4 cm³/mol. The molecule has 1 fully saturated rings. The van der Waals surface area contributed by atoms with Gasteiger partial charge in [-0.1, -0.05) is 19.1 Å². The second-order valence-corrected chi connectivity index (χ2v) is 4.78. The molecular formula is C14H21N3O. The standard InChI is InChI=1S/C14H21N3O/c1-3-12-4-6-13(7-5-12)14(18)15-17-10-8-16(2)9-11-17/h4-7H,3,8-11H2,1-2H3,(H,15,18). The van der Waals surface area contributed by atoms with Crippen molar-refractivity contribution in [3.63, 3.8) is 0 Å². The molecule has 1 aromatic carbocycles. The molecule has 0 bridgehead atoms. The fourth-order valence-electron chi connectivity index (χ4n) is 2.02. The number of amides is 1. The number of rotatable bonds is 3. The third-order valence-electron chi connectivity index (χ3n) is 3.39. The van der Waals surface area contributed by atoms with Crippen molar-refractivity contribution in [1.29, 1.82) is 0 Å². The molecule has 1 saturated heterocycles. The summed E-state index contributed by atoms with van der Waals surface area (Å²) in [4.78, 5) is 14.3. The van der Waals surface area contributed by atoms with Gasteiger partial charge >= 0.3 is 0 Å². The molecule has 0 atom stereocenters. The fourth-order valence-corrected chi connectivity index (χ4v) is 2.02. The minimum absolute atomic E-state index is 0.0118. The number of carbonyl (C=O) groups excluding carboxylic acids is 1. The van der Waals surface area contributed by atoms with Gasteiger partial charge in [-0.05, 0) is 31.2 Å². The highest BCUT2D eigenvalue weighted by Crippen LogP contribution is 2.05. The number of hydrogen-bond donors (Lipinski definition) is 1. The Morgan fingerprint density at radius 1 is 1.17 bits per heavy atom. The van der Waals surface area contributed by atoms with Gasteiger partial charge in [0.1, 0.15) is 0 Å². The van der Waals surface area contributed by atoms with E-state index in [9.17, 15) is 4.79 Å². The van der Waals surface area contributed by atoms with E-state index in [-0.39, 0.29) is 5.91 Å². The lowest BCUT2D eigenvalue weighted by molar-refractivity contribution is 0.0662. The van der Waals surface area contributed by atoms with Gasteiger partial charge in [0.05, 0.1) is 0 Å². The summed E-state index contributed by atoms with van der Waals surface area (Å²) < 4.78 is 0. The monoisotopic (exact) mass is 247 g/mol. The van der Waals surface area contributed by atoms with Gasteiger partial charge in [0, 0.05) is 31.7 Å². The van der Waals surface area contributed by atoms with Crippen LogP contribution in [-0.2, 0) is 6.42 Å². The smallest absolute Gasteiger partial charge is 0.265 e. The maximum Gasteiger partial charge on any atom is 0.265 e. The minimum Gasteiger partial charge on any atom is -0.304 e. The molecule has 0 saturated carbocycles. The summed E-state index contributed by atoms with van der Waals surface area (Å²) in [5.74, 6) is -0.0118. The lowest BCUT2D eigenvalue weighted by Gasteiger charge is -2.32. The van der Waals surface area contributed by atoms with Crippen LogP contribution >= 0.6 is 0 Å². The lowest BCUT2D eigenvalue weighted by Crippen LogP contribution is -2.52. The molecule has 2 rings (SSSR count). The van der Waals surface area contributed by atoms with E-state index in [0.717, 1.165) is 38.2 Å². The normalized spacial score (nSPS) is 17.7. The second kappa shape index (κ2) is 5.98. The predicted octanol–water partition coefficient (Wildman–Crippen LogP) is 1.14. The number of benzene rings is 1. The molecule has 1 aliphatic heterocycles. The molecule has 1 heterocycles. The molecule has 1 aliphatic rings. The largest absolute Gasteiger partial charge is 0.304 e. The molecule has 0 unspecified atom stereocenters. The average Bonchev–Trinajstić information content (AvgIpc) is 2.41. The summed E-state index contributed by atoms with van der Waals surface area (Å²) in [6.45, 7) is 5.87. The Hall–Kier alpha value is -1.39. The highest BCUT2D eigenvalue weighted by atomic mass is 16.2. The molecular weight excluding hydrogens is 226 g/mol. The van der Waals surface area contributed by atoms with Crippen LogP contribution in [0.3, 0.4) is 0 Å². The summed E-state index contributed by atoms with van der Waals surface area (Å²) in [7, 11) is 2.10. The van der Waals surface area contributed by atoms with Gasteiger partial charge in [0.25, 0.3) is 5.91 Å². The Bertz CT molecular complexity index is 394. The fraction of sp³-hybridized carbons (Fsp3) is 0.500. The van der Waals surface area contributed by atoms with Crippen LogP contribution in [0.15, 0.2) is 24.3 Å². The molecule has 18 heavy (non-hydrogen) atoms. The van der Waals surface area contributed by atoms with Gasteiger partial charge in [-0.3, -0.25) is 10.2 Å². The number of carbonyl (C=O) groups is 1. The van der Waals surface area contributed by atoms with Crippen molar-refractivity contribution < 1.29 is 4.79 Å². The van der Waals surface area contributed by atoms with Crippen LogP contribution in [0.1, 0.15) is 22.8 Å². The van der Waals surface area contributed by atoms with Gasteiger partial charge in [0.2, 0.25) is 0 Å². The van der Waals surface area contributed by atoms with Crippen LogP contribution < -0.4 is 5.43 Å². The van der Waals surface area contributed by atoms with Crippen molar-refractivity contribution in [1.82, 2.24) is 15.3 Å². The molecule has 1 amide bonds. The summed E-state index contributed by atoms with van der Waals surface area (Å²) in [6, 6.07) is 7.81. The van der Waals surface area contributed by atoms with E-state index in [4.69, 9.17) is 0 Å². The van der Waals surface area contributed by atoms with Gasteiger partial charge in [-0.25, -0.2) is 5.01 Å². The highest BCUT2D eigenvalue weighted by Gasteiger charge is 2.16.